The van der Waals surface area contributed by atoms with E-state index in [0.717, 1.165) is 11.1 Å². The van der Waals surface area contributed by atoms with Gasteiger partial charge in [0.2, 0.25) is 5.91 Å². The smallest absolute Gasteiger partial charge is 0.325 e. The fourth-order valence-electron chi connectivity index (χ4n) is 3.11. The normalized spacial score (nSPS) is 12.4. The molecule has 9 nitrogen and oxygen atoms in total. The monoisotopic (exact) mass is 450 g/mol. The molecule has 172 valence electrons. The SMILES string of the molecule is N[C@@](CC(=O)OCc1ccccc1)(Cc1cnc[nH]1)C(=O)NCC(=O)OCc1ccccc1. The lowest BCUT2D eigenvalue weighted by atomic mass is 9.89. The molecule has 0 unspecified atom stereocenters. The molecule has 0 saturated carbocycles. The number of ether oxygens (including phenoxy) is 2. The highest BCUT2D eigenvalue weighted by Crippen LogP contribution is 2.16. The Bertz CT molecular complexity index is 1040. The molecule has 0 bridgehead atoms. The zero-order valence-electron chi connectivity index (χ0n) is 18.0. The lowest BCUT2D eigenvalue weighted by Crippen LogP contribution is -2.57. The van der Waals surface area contributed by atoms with E-state index in [2.05, 4.69) is 15.3 Å². The highest BCUT2D eigenvalue weighted by molar-refractivity contribution is 5.92. The molecule has 1 aromatic heterocycles. The second-order valence-corrected chi connectivity index (χ2v) is 7.56. The molecule has 0 radical (unpaired) electrons. The molecule has 1 amide bonds. The number of esters is 2. The van der Waals surface area contributed by atoms with Crippen LogP contribution in [0.5, 0.6) is 0 Å². The van der Waals surface area contributed by atoms with Crippen LogP contribution in [0.15, 0.2) is 73.2 Å². The third kappa shape index (κ3) is 7.58. The lowest BCUT2D eigenvalue weighted by molar-refractivity contribution is -0.149. The number of imidazole rings is 1. The van der Waals surface area contributed by atoms with Crippen LogP contribution in [0.1, 0.15) is 23.2 Å². The van der Waals surface area contributed by atoms with Gasteiger partial charge >= 0.3 is 11.9 Å². The van der Waals surface area contributed by atoms with Crippen molar-refractivity contribution in [3.63, 3.8) is 0 Å². The van der Waals surface area contributed by atoms with Crippen molar-refractivity contribution in [2.75, 3.05) is 6.54 Å². The van der Waals surface area contributed by atoms with Crippen LogP contribution in [0.4, 0.5) is 0 Å². The number of nitrogens with two attached hydrogens (primary N) is 1. The first-order valence-electron chi connectivity index (χ1n) is 10.4. The molecule has 0 aliphatic rings. The fraction of sp³-hybridized carbons (Fsp3) is 0.250. The predicted octanol–water partition coefficient (Wildman–Crippen LogP) is 1.64. The summed E-state index contributed by atoms with van der Waals surface area (Å²) in [6, 6.07) is 18.3. The Morgan fingerprint density at radius 1 is 0.909 bits per heavy atom. The standard InChI is InChI=1S/C24H26N4O5/c25-24(11-20-13-26-17-28-20,12-21(29)32-15-18-7-3-1-4-8-18)23(31)27-14-22(30)33-16-19-9-5-2-6-10-19/h1-10,13,17H,11-12,14-16,25H2,(H,26,28)(H,27,31)/t24-/m1/s1. The third-order valence-electron chi connectivity index (χ3n) is 4.85. The number of carbonyl (C=O) groups is 3. The molecule has 0 fully saturated rings. The van der Waals surface area contributed by atoms with E-state index in [1.54, 1.807) is 0 Å². The molecule has 3 rings (SSSR count). The van der Waals surface area contributed by atoms with Gasteiger partial charge in [-0.1, -0.05) is 60.7 Å². The highest BCUT2D eigenvalue weighted by Gasteiger charge is 2.38. The first-order valence-corrected chi connectivity index (χ1v) is 10.4. The van der Waals surface area contributed by atoms with Crippen LogP contribution < -0.4 is 11.1 Å². The van der Waals surface area contributed by atoms with E-state index >= 15 is 0 Å². The van der Waals surface area contributed by atoms with Gasteiger partial charge in [-0.05, 0) is 11.1 Å². The number of benzene rings is 2. The summed E-state index contributed by atoms with van der Waals surface area (Å²) in [6.07, 6.45) is 2.57. The number of aromatic nitrogens is 2. The summed E-state index contributed by atoms with van der Waals surface area (Å²) in [4.78, 5) is 44.2. The maximum atomic E-state index is 12.9. The molecule has 0 saturated heterocycles. The predicted molar refractivity (Wildman–Crippen MR) is 119 cm³/mol. The second-order valence-electron chi connectivity index (χ2n) is 7.56. The van der Waals surface area contributed by atoms with Gasteiger partial charge in [-0.3, -0.25) is 14.4 Å². The quantitative estimate of drug-likeness (QED) is 0.378. The first kappa shape index (κ1) is 23.7. The Kier molecular flexibility index (Phi) is 8.31. The average Bonchev–Trinajstić information content (AvgIpc) is 3.33. The van der Waals surface area contributed by atoms with Crippen LogP contribution in [-0.4, -0.2) is 39.9 Å². The van der Waals surface area contributed by atoms with Crippen LogP contribution in [-0.2, 0) is 43.5 Å². The molecule has 33 heavy (non-hydrogen) atoms. The van der Waals surface area contributed by atoms with Crippen molar-refractivity contribution < 1.29 is 23.9 Å². The van der Waals surface area contributed by atoms with Gasteiger partial charge in [-0.15, -0.1) is 0 Å². The van der Waals surface area contributed by atoms with Crippen LogP contribution >= 0.6 is 0 Å². The highest BCUT2D eigenvalue weighted by atomic mass is 16.5. The van der Waals surface area contributed by atoms with Crippen molar-refractivity contribution in [3.05, 3.63) is 90.0 Å². The number of hydrogen-bond donors (Lipinski definition) is 3. The summed E-state index contributed by atoms with van der Waals surface area (Å²) in [7, 11) is 0. The zero-order valence-corrected chi connectivity index (χ0v) is 18.0. The van der Waals surface area contributed by atoms with Gasteiger partial charge in [0.15, 0.2) is 0 Å². The Morgan fingerprint density at radius 2 is 1.48 bits per heavy atom. The van der Waals surface area contributed by atoms with E-state index in [1.165, 1.54) is 12.5 Å². The summed E-state index contributed by atoms with van der Waals surface area (Å²) >= 11 is 0. The largest absolute Gasteiger partial charge is 0.461 e. The Hall–Kier alpha value is -3.98. The first-order chi connectivity index (χ1) is 15.9. The molecular formula is C24H26N4O5. The van der Waals surface area contributed by atoms with Gasteiger partial charge in [0, 0.05) is 18.3 Å². The van der Waals surface area contributed by atoms with Crippen LogP contribution in [0.25, 0.3) is 0 Å². The molecule has 3 aromatic rings. The van der Waals surface area contributed by atoms with Crippen molar-refractivity contribution in [1.82, 2.24) is 15.3 Å². The summed E-state index contributed by atoms with van der Waals surface area (Å²) in [5, 5.41) is 2.47. The molecule has 4 N–H and O–H groups in total. The number of hydrogen-bond acceptors (Lipinski definition) is 7. The summed E-state index contributed by atoms with van der Waals surface area (Å²) < 4.78 is 10.5. The average molecular weight is 450 g/mol. The van der Waals surface area contributed by atoms with E-state index < -0.39 is 23.4 Å². The van der Waals surface area contributed by atoms with Crippen molar-refractivity contribution in [3.8, 4) is 0 Å². The van der Waals surface area contributed by atoms with Gasteiger partial charge < -0.3 is 25.5 Å². The molecule has 1 atom stereocenters. The topological polar surface area (TPSA) is 136 Å². The van der Waals surface area contributed by atoms with Crippen molar-refractivity contribution >= 4 is 17.8 Å². The summed E-state index contributed by atoms with van der Waals surface area (Å²) in [5.41, 5.74) is 6.89. The number of amides is 1. The van der Waals surface area contributed by atoms with E-state index in [4.69, 9.17) is 15.2 Å². The Morgan fingerprint density at radius 3 is 2.03 bits per heavy atom. The Labute approximate surface area is 191 Å². The molecular weight excluding hydrogens is 424 g/mol. The minimum atomic E-state index is -1.65. The van der Waals surface area contributed by atoms with Crippen molar-refractivity contribution in [2.45, 2.75) is 31.6 Å². The minimum absolute atomic E-state index is 0.00165. The fourth-order valence-corrected chi connectivity index (χ4v) is 3.11. The van der Waals surface area contributed by atoms with Gasteiger partial charge in [0.1, 0.15) is 25.3 Å². The molecule has 2 aromatic carbocycles. The number of nitrogens with one attached hydrogen (secondary N) is 2. The molecule has 9 heteroatoms. The van der Waals surface area contributed by atoms with E-state index in [1.807, 2.05) is 60.7 Å². The number of aromatic amines is 1. The molecule has 1 heterocycles. The minimum Gasteiger partial charge on any atom is -0.461 e. The van der Waals surface area contributed by atoms with Gasteiger partial charge in [0.25, 0.3) is 0 Å². The van der Waals surface area contributed by atoms with Gasteiger partial charge in [-0.25, -0.2) is 4.98 Å². The molecule has 0 aliphatic heterocycles. The number of nitrogens with zero attached hydrogens (tertiary/aromatic N) is 1. The van der Waals surface area contributed by atoms with Crippen LogP contribution in [0.3, 0.4) is 0 Å². The molecule has 0 aliphatic carbocycles. The third-order valence-corrected chi connectivity index (χ3v) is 4.85. The number of H-pyrrole nitrogens is 1. The lowest BCUT2D eigenvalue weighted by Gasteiger charge is -2.26. The van der Waals surface area contributed by atoms with E-state index in [9.17, 15) is 14.4 Å². The maximum Gasteiger partial charge on any atom is 0.325 e. The second kappa shape index (κ2) is 11.6. The van der Waals surface area contributed by atoms with E-state index in [-0.39, 0.29) is 32.6 Å². The number of rotatable bonds is 11. The van der Waals surface area contributed by atoms with Gasteiger partial charge in [-0.2, -0.15) is 0 Å². The molecule has 0 spiro atoms. The summed E-state index contributed by atoms with van der Waals surface area (Å²) in [5.74, 6) is -1.93. The summed E-state index contributed by atoms with van der Waals surface area (Å²) in [6.45, 7) is -0.233. The van der Waals surface area contributed by atoms with Crippen LogP contribution in [0.2, 0.25) is 0 Å². The van der Waals surface area contributed by atoms with Crippen molar-refractivity contribution in [2.24, 2.45) is 5.73 Å². The van der Waals surface area contributed by atoms with Crippen LogP contribution in [0, 0.1) is 0 Å². The number of carbonyl (C=O) groups excluding carboxylic acids is 3. The van der Waals surface area contributed by atoms with Gasteiger partial charge in [0.05, 0.1) is 12.7 Å². The maximum absolute atomic E-state index is 12.9. The van der Waals surface area contributed by atoms with E-state index in [0.29, 0.717) is 5.69 Å². The zero-order chi connectivity index (χ0) is 23.5. The Balaban J connectivity index is 1.56. The van der Waals surface area contributed by atoms with Crippen molar-refractivity contribution in [1.29, 1.82) is 0 Å².